The van der Waals surface area contributed by atoms with Gasteiger partial charge in [0, 0.05) is 23.4 Å². The molecule has 90 valence electrons. The van der Waals surface area contributed by atoms with E-state index in [4.69, 9.17) is 0 Å². The third-order valence-corrected chi connectivity index (χ3v) is 3.07. The number of hydrogen-bond acceptors (Lipinski definition) is 1. The minimum atomic E-state index is 0.192. The second kappa shape index (κ2) is 5.17. The van der Waals surface area contributed by atoms with Gasteiger partial charge in [-0.3, -0.25) is 4.79 Å². The Bertz CT molecular complexity index is 438. The van der Waals surface area contributed by atoms with Crippen molar-refractivity contribution in [2.75, 3.05) is 6.54 Å². The third-order valence-electron chi connectivity index (χ3n) is 3.07. The van der Waals surface area contributed by atoms with Crippen molar-refractivity contribution >= 4 is 5.91 Å². The molecule has 1 aliphatic carbocycles. The van der Waals surface area contributed by atoms with Crippen LogP contribution >= 0.6 is 0 Å². The normalized spacial score (nSPS) is 21.4. The molecule has 0 fully saturated rings. The zero-order valence-electron chi connectivity index (χ0n) is 10.6. The predicted molar refractivity (Wildman–Crippen MR) is 70.3 cm³/mol. The highest BCUT2D eigenvalue weighted by molar-refractivity contribution is 6.01. The number of carbonyl (C=O) groups is 1. The summed E-state index contributed by atoms with van der Waals surface area (Å²) in [7, 11) is 0. The molecule has 0 spiro atoms. The van der Waals surface area contributed by atoms with Gasteiger partial charge in [0.1, 0.15) is 0 Å². The van der Waals surface area contributed by atoms with E-state index in [1.54, 1.807) is 0 Å². The number of hydrogen-bond donors (Lipinski definition) is 0. The standard InChI is InChI=1S/C15H19NO/c1-3-8-14-12-9-6-5-7-10-13(12)15(17)16(14)11-4-2/h5-9H,3-4,10-11H2,1-2H3/b14-8+. The van der Waals surface area contributed by atoms with Crippen LogP contribution in [0.1, 0.15) is 33.1 Å². The Morgan fingerprint density at radius 2 is 2.18 bits per heavy atom. The Labute approximate surface area is 103 Å². The molecule has 1 amide bonds. The van der Waals surface area contributed by atoms with E-state index in [9.17, 15) is 4.79 Å². The zero-order valence-corrected chi connectivity index (χ0v) is 10.6. The average molecular weight is 229 g/mol. The molecule has 0 radical (unpaired) electrons. The molecular formula is C15H19NO. The van der Waals surface area contributed by atoms with E-state index in [1.807, 2.05) is 17.1 Å². The molecule has 0 bridgehead atoms. The van der Waals surface area contributed by atoms with Crippen LogP contribution in [0.4, 0.5) is 0 Å². The van der Waals surface area contributed by atoms with Crippen molar-refractivity contribution in [2.24, 2.45) is 0 Å². The molecular weight excluding hydrogens is 210 g/mol. The van der Waals surface area contributed by atoms with Crippen molar-refractivity contribution < 1.29 is 4.79 Å². The first-order valence-electron chi connectivity index (χ1n) is 6.38. The molecule has 2 nitrogen and oxygen atoms in total. The van der Waals surface area contributed by atoms with E-state index in [0.29, 0.717) is 0 Å². The van der Waals surface area contributed by atoms with Gasteiger partial charge in [0.15, 0.2) is 0 Å². The lowest BCUT2D eigenvalue weighted by molar-refractivity contribution is -0.124. The van der Waals surface area contributed by atoms with Gasteiger partial charge in [0.2, 0.25) is 0 Å². The highest BCUT2D eigenvalue weighted by atomic mass is 16.2. The lowest BCUT2D eigenvalue weighted by Crippen LogP contribution is -2.26. The van der Waals surface area contributed by atoms with Crippen LogP contribution in [0.15, 0.2) is 47.2 Å². The maximum absolute atomic E-state index is 12.3. The monoisotopic (exact) mass is 229 g/mol. The molecule has 2 heteroatoms. The number of carbonyl (C=O) groups excluding carboxylic acids is 1. The Morgan fingerprint density at radius 3 is 2.88 bits per heavy atom. The summed E-state index contributed by atoms with van der Waals surface area (Å²) in [6.45, 7) is 5.03. The summed E-state index contributed by atoms with van der Waals surface area (Å²) in [5.41, 5.74) is 3.17. The maximum Gasteiger partial charge on any atom is 0.255 e. The van der Waals surface area contributed by atoms with E-state index >= 15 is 0 Å². The molecule has 0 aromatic rings. The lowest BCUT2D eigenvalue weighted by atomic mass is 10.1. The molecule has 0 aromatic heterocycles. The topological polar surface area (TPSA) is 20.3 Å². The van der Waals surface area contributed by atoms with Gasteiger partial charge in [0.05, 0.1) is 0 Å². The van der Waals surface area contributed by atoms with Crippen molar-refractivity contribution in [3.63, 3.8) is 0 Å². The van der Waals surface area contributed by atoms with E-state index in [2.05, 4.69) is 32.1 Å². The fourth-order valence-electron chi connectivity index (χ4n) is 2.35. The van der Waals surface area contributed by atoms with Crippen LogP contribution in [-0.2, 0) is 4.79 Å². The first-order chi connectivity index (χ1) is 8.29. The highest BCUT2D eigenvalue weighted by Crippen LogP contribution is 2.33. The fraction of sp³-hybridized carbons (Fsp3) is 0.400. The summed E-state index contributed by atoms with van der Waals surface area (Å²) in [5, 5.41) is 0. The highest BCUT2D eigenvalue weighted by Gasteiger charge is 2.32. The second-order valence-electron chi connectivity index (χ2n) is 4.34. The van der Waals surface area contributed by atoms with Crippen LogP contribution in [-0.4, -0.2) is 17.4 Å². The number of rotatable bonds is 3. The molecule has 17 heavy (non-hydrogen) atoms. The van der Waals surface area contributed by atoms with Crippen molar-refractivity contribution in [3.05, 3.63) is 47.2 Å². The predicted octanol–water partition coefficient (Wildman–Crippen LogP) is 3.35. The molecule has 1 heterocycles. The molecule has 0 saturated carbocycles. The van der Waals surface area contributed by atoms with E-state index < -0.39 is 0 Å². The summed E-state index contributed by atoms with van der Waals surface area (Å²) in [5.74, 6) is 0.192. The first kappa shape index (κ1) is 11.9. The third kappa shape index (κ3) is 2.12. The Hall–Kier alpha value is -1.57. The van der Waals surface area contributed by atoms with Gasteiger partial charge in [-0.1, -0.05) is 44.2 Å². The summed E-state index contributed by atoms with van der Waals surface area (Å²) in [6, 6.07) is 0. The van der Waals surface area contributed by atoms with Gasteiger partial charge >= 0.3 is 0 Å². The maximum atomic E-state index is 12.3. The Balaban J connectivity index is 2.41. The smallest absolute Gasteiger partial charge is 0.255 e. The van der Waals surface area contributed by atoms with Crippen LogP contribution in [0.5, 0.6) is 0 Å². The number of nitrogens with zero attached hydrogens (tertiary/aromatic N) is 1. The molecule has 0 N–H and O–H groups in total. The van der Waals surface area contributed by atoms with Gasteiger partial charge in [0.25, 0.3) is 5.91 Å². The summed E-state index contributed by atoms with van der Waals surface area (Å²) in [6.07, 6.45) is 13.0. The molecule has 2 aliphatic rings. The summed E-state index contributed by atoms with van der Waals surface area (Å²) >= 11 is 0. The molecule has 0 unspecified atom stereocenters. The fourth-order valence-corrected chi connectivity index (χ4v) is 2.35. The molecule has 0 atom stereocenters. The van der Waals surface area contributed by atoms with E-state index in [1.165, 1.54) is 0 Å². The summed E-state index contributed by atoms with van der Waals surface area (Å²) in [4.78, 5) is 14.3. The van der Waals surface area contributed by atoms with Gasteiger partial charge in [-0.25, -0.2) is 0 Å². The van der Waals surface area contributed by atoms with Gasteiger partial charge in [-0.15, -0.1) is 0 Å². The molecule has 1 aliphatic heterocycles. The molecule has 0 saturated heterocycles. The Morgan fingerprint density at radius 1 is 1.35 bits per heavy atom. The van der Waals surface area contributed by atoms with Crippen LogP contribution in [0.3, 0.4) is 0 Å². The van der Waals surface area contributed by atoms with Crippen molar-refractivity contribution in [3.8, 4) is 0 Å². The summed E-state index contributed by atoms with van der Waals surface area (Å²) < 4.78 is 0. The van der Waals surface area contributed by atoms with E-state index in [0.717, 1.165) is 42.7 Å². The quantitative estimate of drug-likeness (QED) is 0.726. The first-order valence-corrected chi connectivity index (χ1v) is 6.38. The molecule has 0 aromatic carbocycles. The van der Waals surface area contributed by atoms with Crippen LogP contribution < -0.4 is 0 Å². The largest absolute Gasteiger partial charge is 0.308 e. The average Bonchev–Trinajstić information content (AvgIpc) is 2.52. The minimum Gasteiger partial charge on any atom is -0.308 e. The molecule has 2 rings (SSSR count). The van der Waals surface area contributed by atoms with Gasteiger partial charge < -0.3 is 4.90 Å². The van der Waals surface area contributed by atoms with Crippen molar-refractivity contribution in [1.82, 2.24) is 4.90 Å². The van der Waals surface area contributed by atoms with Crippen LogP contribution in [0.2, 0.25) is 0 Å². The number of amides is 1. The number of allylic oxidation sites excluding steroid dienone is 5. The lowest BCUT2D eigenvalue weighted by Gasteiger charge is -2.18. The van der Waals surface area contributed by atoms with Crippen molar-refractivity contribution in [2.45, 2.75) is 33.1 Å². The second-order valence-corrected chi connectivity index (χ2v) is 4.34. The minimum absolute atomic E-state index is 0.192. The van der Waals surface area contributed by atoms with Crippen molar-refractivity contribution in [1.29, 1.82) is 0 Å². The zero-order chi connectivity index (χ0) is 12.3. The van der Waals surface area contributed by atoms with Crippen LogP contribution in [0, 0.1) is 0 Å². The van der Waals surface area contributed by atoms with Crippen LogP contribution in [0.25, 0.3) is 0 Å². The van der Waals surface area contributed by atoms with Gasteiger partial charge in [-0.05, 0) is 19.3 Å². The van der Waals surface area contributed by atoms with E-state index in [-0.39, 0.29) is 5.91 Å². The van der Waals surface area contributed by atoms with Gasteiger partial charge in [-0.2, -0.15) is 0 Å². The SMILES string of the molecule is CC/C=C1\C2=C(CC=CC=C2)C(=O)N1CCC. The Kier molecular flexibility index (Phi) is 3.62.